The van der Waals surface area contributed by atoms with Gasteiger partial charge in [0.15, 0.2) is 0 Å². The third-order valence-corrected chi connectivity index (χ3v) is 6.74. The van der Waals surface area contributed by atoms with Gasteiger partial charge in [0.05, 0.1) is 11.5 Å². The predicted molar refractivity (Wildman–Crippen MR) is 132 cm³/mol. The molecule has 38 heavy (non-hydrogen) atoms. The quantitative estimate of drug-likeness (QED) is 0.333. The molecule has 0 fully saturated rings. The molecule has 2 aromatic carbocycles. The molecule has 0 aliphatic heterocycles. The summed E-state index contributed by atoms with van der Waals surface area (Å²) < 4.78 is 75.4. The number of aliphatic carboxylic acids is 1. The Balaban J connectivity index is 0.000000638. The van der Waals surface area contributed by atoms with Crippen LogP contribution in [0.1, 0.15) is 20.8 Å². The number of sulfonamides is 1. The van der Waals surface area contributed by atoms with Crippen LogP contribution in [-0.2, 0) is 14.8 Å². The molecule has 1 heterocycles. The van der Waals surface area contributed by atoms with Crippen LogP contribution in [0.2, 0.25) is 0 Å². The van der Waals surface area contributed by atoms with Gasteiger partial charge >= 0.3 is 12.1 Å². The number of rotatable bonds is 6. The van der Waals surface area contributed by atoms with E-state index in [9.17, 15) is 31.1 Å². The lowest BCUT2D eigenvalue weighted by molar-refractivity contribution is -0.192. The topological polar surface area (TPSA) is 156 Å². The van der Waals surface area contributed by atoms with Crippen molar-refractivity contribution in [1.29, 1.82) is 0 Å². The number of aliphatic hydroxyl groups is 1. The van der Waals surface area contributed by atoms with Crippen molar-refractivity contribution >= 4 is 21.9 Å². The average molecular weight is 559 g/mol. The highest BCUT2D eigenvalue weighted by molar-refractivity contribution is 7.89. The number of hydrogen-bond donors (Lipinski definition) is 4. The minimum absolute atomic E-state index is 0.000619. The zero-order chi connectivity index (χ0) is 28.9. The maximum atomic E-state index is 14.9. The van der Waals surface area contributed by atoms with Crippen LogP contribution < -0.4 is 10.5 Å². The standard InChI is InChI=1S/C22H25FN4O3S.C2HF3O2/c1-22(2,3)20(13-28)27-31(29,30)19-7-5-4-6-17(19)14-8-9-16(18(23)10-14)15-11-25-21(24)26-12-15;3-2(4,5)1(6)7/h4-12,20,27-28H,13H2,1-3H3,(H2,24,25,26);(H,6,7). The molecule has 0 bridgehead atoms. The number of aromatic nitrogens is 2. The number of nitrogens with two attached hydrogens (primary N) is 1. The minimum atomic E-state index is -5.08. The number of nitrogens with one attached hydrogen (secondary N) is 1. The van der Waals surface area contributed by atoms with E-state index in [0.717, 1.165) is 0 Å². The molecular weight excluding hydrogens is 532 g/mol. The number of hydrogen-bond acceptors (Lipinski definition) is 7. The maximum absolute atomic E-state index is 14.9. The van der Waals surface area contributed by atoms with Crippen molar-refractivity contribution in [1.82, 2.24) is 14.7 Å². The predicted octanol–water partition coefficient (Wildman–Crippen LogP) is 3.85. The Hall–Kier alpha value is -3.62. The fourth-order valence-corrected chi connectivity index (χ4v) is 4.73. The van der Waals surface area contributed by atoms with E-state index in [1.54, 1.807) is 30.3 Å². The fraction of sp³-hybridized carbons (Fsp3) is 0.292. The molecule has 14 heteroatoms. The summed E-state index contributed by atoms with van der Waals surface area (Å²) in [6.07, 6.45) is -2.24. The SMILES string of the molecule is CC(C)(C)C(CO)NS(=O)(=O)c1ccccc1-c1ccc(-c2cnc(N)nc2)c(F)c1.O=C(O)C(F)(F)F. The van der Waals surface area contributed by atoms with E-state index in [1.165, 1.54) is 24.5 Å². The first-order valence-corrected chi connectivity index (χ1v) is 12.4. The number of benzene rings is 2. The number of alkyl halides is 3. The van der Waals surface area contributed by atoms with Crippen LogP contribution in [0.25, 0.3) is 22.3 Å². The van der Waals surface area contributed by atoms with E-state index < -0.39 is 39.4 Å². The van der Waals surface area contributed by atoms with Crippen LogP contribution in [-0.4, -0.2) is 53.4 Å². The van der Waals surface area contributed by atoms with Crippen LogP contribution in [0, 0.1) is 11.2 Å². The molecule has 3 aromatic rings. The van der Waals surface area contributed by atoms with E-state index in [2.05, 4.69) is 14.7 Å². The molecule has 1 atom stereocenters. The zero-order valence-corrected chi connectivity index (χ0v) is 21.3. The number of carbonyl (C=O) groups is 1. The van der Waals surface area contributed by atoms with Gasteiger partial charge in [-0.25, -0.2) is 32.3 Å². The molecule has 0 amide bonds. The van der Waals surface area contributed by atoms with Gasteiger partial charge < -0.3 is 15.9 Å². The summed E-state index contributed by atoms with van der Waals surface area (Å²) in [6, 6.07) is 10.1. The summed E-state index contributed by atoms with van der Waals surface area (Å²) in [4.78, 5) is 16.6. The molecule has 206 valence electrons. The summed E-state index contributed by atoms with van der Waals surface area (Å²) in [7, 11) is -3.98. The molecule has 0 saturated carbocycles. The molecule has 1 unspecified atom stereocenters. The summed E-state index contributed by atoms with van der Waals surface area (Å²) in [5.41, 5.74) is 6.46. The summed E-state index contributed by atoms with van der Waals surface area (Å²) in [5.74, 6) is -3.22. The number of carboxylic acids is 1. The largest absolute Gasteiger partial charge is 0.490 e. The Morgan fingerprint density at radius 3 is 2.05 bits per heavy atom. The second-order valence-electron chi connectivity index (χ2n) is 9.05. The van der Waals surface area contributed by atoms with Crippen LogP contribution in [0.4, 0.5) is 23.5 Å². The zero-order valence-electron chi connectivity index (χ0n) is 20.5. The lowest BCUT2D eigenvalue weighted by atomic mass is 9.88. The lowest BCUT2D eigenvalue weighted by Crippen LogP contribution is -2.46. The molecule has 9 nitrogen and oxygen atoms in total. The Morgan fingerprint density at radius 2 is 1.58 bits per heavy atom. The fourth-order valence-electron chi connectivity index (χ4n) is 3.07. The van der Waals surface area contributed by atoms with Gasteiger partial charge in [0.2, 0.25) is 16.0 Å². The summed E-state index contributed by atoms with van der Waals surface area (Å²) in [5, 5.41) is 16.8. The first kappa shape index (κ1) is 30.6. The first-order chi connectivity index (χ1) is 17.5. The Bertz CT molecular complexity index is 1380. The number of halogens is 4. The van der Waals surface area contributed by atoms with Crippen molar-refractivity contribution in [2.24, 2.45) is 5.41 Å². The van der Waals surface area contributed by atoms with Gasteiger partial charge in [-0.1, -0.05) is 51.1 Å². The molecule has 1 aromatic heterocycles. The van der Waals surface area contributed by atoms with Crippen LogP contribution in [0.5, 0.6) is 0 Å². The molecule has 5 N–H and O–H groups in total. The molecular formula is C24H26F4N4O5S. The van der Waals surface area contributed by atoms with Gasteiger partial charge in [0, 0.05) is 35.1 Å². The Kier molecular flexibility index (Phi) is 9.53. The minimum Gasteiger partial charge on any atom is -0.475 e. The lowest BCUT2D eigenvalue weighted by Gasteiger charge is -2.29. The first-order valence-electron chi connectivity index (χ1n) is 10.9. The summed E-state index contributed by atoms with van der Waals surface area (Å²) in [6.45, 7) is 5.14. The van der Waals surface area contributed by atoms with Crippen molar-refractivity contribution in [2.75, 3.05) is 12.3 Å². The smallest absolute Gasteiger partial charge is 0.475 e. The monoisotopic (exact) mass is 558 g/mol. The van der Waals surface area contributed by atoms with Crippen molar-refractivity contribution in [3.63, 3.8) is 0 Å². The van der Waals surface area contributed by atoms with Gasteiger partial charge in [0.25, 0.3) is 0 Å². The number of nitrogen functional groups attached to an aromatic ring is 1. The highest BCUT2D eigenvalue weighted by Gasteiger charge is 2.38. The second-order valence-corrected chi connectivity index (χ2v) is 10.7. The third-order valence-electron chi connectivity index (χ3n) is 5.21. The normalized spacial score (nSPS) is 12.8. The van der Waals surface area contributed by atoms with Crippen molar-refractivity contribution in [3.05, 3.63) is 60.7 Å². The van der Waals surface area contributed by atoms with E-state index in [-0.39, 0.29) is 23.0 Å². The molecule has 3 rings (SSSR count). The third kappa shape index (κ3) is 7.94. The van der Waals surface area contributed by atoms with E-state index in [4.69, 9.17) is 15.6 Å². The number of aliphatic hydroxyl groups excluding tert-OH is 1. The van der Waals surface area contributed by atoms with Gasteiger partial charge in [-0.05, 0) is 23.1 Å². The number of anilines is 1. The van der Waals surface area contributed by atoms with Gasteiger partial charge in [-0.3, -0.25) is 0 Å². The highest BCUT2D eigenvalue weighted by atomic mass is 32.2. The van der Waals surface area contributed by atoms with E-state index in [0.29, 0.717) is 16.7 Å². The van der Waals surface area contributed by atoms with Crippen molar-refractivity contribution in [2.45, 2.75) is 37.9 Å². The number of carboxylic acid groups (broad SMARTS) is 1. The van der Waals surface area contributed by atoms with Crippen LogP contribution in [0.3, 0.4) is 0 Å². The van der Waals surface area contributed by atoms with Gasteiger partial charge in [-0.2, -0.15) is 13.2 Å². The van der Waals surface area contributed by atoms with Gasteiger partial charge in [-0.15, -0.1) is 0 Å². The highest BCUT2D eigenvalue weighted by Crippen LogP contribution is 2.32. The van der Waals surface area contributed by atoms with Gasteiger partial charge in [0.1, 0.15) is 5.82 Å². The van der Waals surface area contributed by atoms with E-state index in [1.807, 2.05) is 20.8 Å². The summed E-state index contributed by atoms with van der Waals surface area (Å²) >= 11 is 0. The van der Waals surface area contributed by atoms with Crippen molar-refractivity contribution in [3.8, 4) is 22.3 Å². The Labute approximate surface area is 216 Å². The molecule has 0 spiro atoms. The molecule has 0 aliphatic carbocycles. The van der Waals surface area contributed by atoms with Crippen molar-refractivity contribution < 1.29 is 41.0 Å². The average Bonchev–Trinajstić information content (AvgIpc) is 2.82. The van der Waals surface area contributed by atoms with Crippen LogP contribution >= 0.6 is 0 Å². The molecule has 0 saturated heterocycles. The van der Waals surface area contributed by atoms with Crippen LogP contribution in [0.15, 0.2) is 59.8 Å². The second kappa shape index (κ2) is 11.8. The molecule has 0 aliphatic rings. The van der Waals surface area contributed by atoms with E-state index >= 15 is 0 Å². The number of nitrogens with zero attached hydrogens (tertiary/aromatic N) is 2. The Morgan fingerprint density at radius 1 is 1.03 bits per heavy atom. The maximum Gasteiger partial charge on any atom is 0.490 e. The molecule has 0 radical (unpaired) electrons.